The van der Waals surface area contributed by atoms with Crippen LogP contribution in [0.4, 0.5) is 10.5 Å². The highest BCUT2D eigenvalue weighted by Gasteiger charge is 2.21. The first-order valence-corrected chi connectivity index (χ1v) is 8.79. The first-order valence-electron chi connectivity index (χ1n) is 8.00. The lowest BCUT2D eigenvalue weighted by Crippen LogP contribution is -2.50. The first-order chi connectivity index (χ1) is 10.5. The van der Waals surface area contributed by atoms with E-state index in [1.807, 2.05) is 30.0 Å². The van der Waals surface area contributed by atoms with Gasteiger partial charge in [0.2, 0.25) is 0 Å². The van der Waals surface area contributed by atoms with Gasteiger partial charge in [-0.25, -0.2) is 4.79 Å². The number of amides is 2. The van der Waals surface area contributed by atoms with E-state index in [4.69, 9.17) is 0 Å². The number of rotatable bonds is 4. The Hall–Kier alpha value is -1.07. The summed E-state index contributed by atoms with van der Waals surface area (Å²) in [5, 5.41) is 2.99. The molecule has 0 bridgehead atoms. The summed E-state index contributed by atoms with van der Waals surface area (Å²) in [6.07, 6.45) is 1.22. The van der Waals surface area contributed by atoms with E-state index in [0.29, 0.717) is 0 Å². The zero-order valence-corrected chi connectivity index (χ0v) is 15.3. The molecule has 1 aromatic carbocycles. The molecule has 4 nitrogen and oxygen atoms in total. The summed E-state index contributed by atoms with van der Waals surface area (Å²) in [4.78, 5) is 16.7. The van der Waals surface area contributed by atoms with Crippen molar-refractivity contribution in [1.29, 1.82) is 0 Å². The Morgan fingerprint density at radius 2 is 1.95 bits per heavy atom. The number of carbonyl (C=O) groups excluding carboxylic acids is 1. The molecule has 1 heterocycles. The van der Waals surface area contributed by atoms with Crippen molar-refractivity contribution in [2.24, 2.45) is 5.92 Å². The summed E-state index contributed by atoms with van der Waals surface area (Å²) in [7, 11) is 0. The summed E-state index contributed by atoms with van der Waals surface area (Å²) in [5.41, 5.74) is 2.00. The van der Waals surface area contributed by atoms with Crippen LogP contribution in [0.15, 0.2) is 22.7 Å². The Bertz CT molecular complexity index is 511. The predicted molar refractivity (Wildman–Crippen MR) is 95.4 cm³/mol. The largest absolute Gasteiger partial charge is 0.322 e. The number of hydrogen-bond donors (Lipinski definition) is 1. The molecule has 1 aromatic rings. The minimum atomic E-state index is -0.00642. The normalized spacial score (nSPS) is 16.1. The van der Waals surface area contributed by atoms with Gasteiger partial charge < -0.3 is 10.2 Å². The second kappa shape index (κ2) is 7.97. The Morgan fingerprint density at radius 1 is 1.27 bits per heavy atom. The molecule has 0 radical (unpaired) electrons. The Morgan fingerprint density at radius 3 is 2.55 bits per heavy atom. The van der Waals surface area contributed by atoms with Crippen molar-refractivity contribution in [3.8, 4) is 0 Å². The summed E-state index contributed by atoms with van der Waals surface area (Å²) >= 11 is 3.50. The number of anilines is 1. The maximum absolute atomic E-state index is 12.4. The Labute approximate surface area is 142 Å². The Kier molecular flexibility index (Phi) is 6.26. The van der Waals surface area contributed by atoms with E-state index < -0.39 is 0 Å². The maximum atomic E-state index is 12.4. The Balaban J connectivity index is 1.82. The van der Waals surface area contributed by atoms with E-state index in [1.165, 1.54) is 12.0 Å². The number of benzene rings is 1. The van der Waals surface area contributed by atoms with Crippen LogP contribution in [0.2, 0.25) is 0 Å². The molecule has 5 heteroatoms. The number of carbonyl (C=O) groups is 1. The van der Waals surface area contributed by atoms with Crippen LogP contribution in [0.3, 0.4) is 0 Å². The number of piperazine rings is 1. The fraction of sp³-hybridized carbons (Fsp3) is 0.588. The lowest BCUT2D eigenvalue weighted by atomic mass is 10.1. The van der Waals surface area contributed by atoms with Crippen molar-refractivity contribution in [3.05, 3.63) is 28.2 Å². The SMILES string of the molecule is Cc1ccc(NC(=O)N2CCN(CCC(C)C)CC2)c(Br)c1. The molecule has 22 heavy (non-hydrogen) atoms. The average molecular weight is 368 g/mol. The number of nitrogens with one attached hydrogen (secondary N) is 1. The van der Waals surface area contributed by atoms with E-state index >= 15 is 0 Å². The van der Waals surface area contributed by atoms with Gasteiger partial charge in [0.15, 0.2) is 0 Å². The van der Waals surface area contributed by atoms with Crippen molar-refractivity contribution >= 4 is 27.6 Å². The van der Waals surface area contributed by atoms with Crippen molar-refractivity contribution in [3.63, 3.8) is 0 Å². The van der Waals surface area contributed by atoms with Crippen molar-refractivity contribution in [2.45, 2.75) is 27.2 Å². The van der Waals surface area contributed by atoms with E-state index in [9.17, 15) is 4.79 Å². The molecular formula is C17H26BrN3O. The van der Waals surface area contributed by atoms with Crippen LogP contribution < -0.4 is 5.32 Å². The second-order valence-electron chi connectivity index (χ2n) is 6.42. The van der Waals surface area contributed by atoms with Gasteiger partial charge in [-0.1, -0.05) is 19.9 Å². The molecule has 0 aromatic heterocycles. The summed E-state index contributed by atoms with van der Waals surface area (Å²) in [5.74, 6) is 0.736. The molecule has 0 atom stereocenters. The topological polar surface area (TPSA) is 35.6 Å². The standard InChI is InChI=1S/C17H26BrN3O/c1-13(2)6-7-20-8-10-21(11-9-20)17(22)19-16-5-4-14(3)12-15(16)18/h4-5,12-13H,6-11H2,1-3H3,(H,19,22). The van der Waals surface area contributed by atoms with Gasteiger partial charge >= 0.3 is 6.03 Å². The summed E-state index contributed by atoms with van der Waals surface area (Å²) in [6, 6.07) is 5.95. The number of nitrogens with zero attached hydrogens (tertiary/aromatic N) is 2. The highest BCUT2D eigenvalue weighted by Crippen LogP contribution is 2.23. The third-order valence-corrected chi connectivity index (χ3v) is 4.70. The fourth-order valence-corrected chi connectivity index (χ4v) is 3.12. The van der Waals surface area contributed by atoms with Crippen LogP contribution in [-0.2, 0) is 0 Å². The van der Waals surface area contributed by atoms with Crippen molar-refractivity contribution in [1.82, 2.24) is 9.80 Å². The average Bonchev–Trinajstić information content (AvgIpc) is 2.48. The molecule has 122 valence electrons. The molecule has 2 amide bonds. The molecule has 1 N–H and O–H groups in total. The van der Waals surface area contributed by atoms with Gasteiger partial charge in [0.1, 0.15) is 0 Å². The van der Waals surface area contributed by atoms with Gasteiger partial charge in [0.05, 0.1) is 5.69 Å². The molecule has 1 aliphatic rings. The molecule has 0 spiro atoms. The van der Waals surface area contributed by atoms with Crippen LogP contribution in [0.25, 0.3) is 0 Å². The third-order valence-electron chi connectivity index (χ3n) is 4.05. The van der Waals surface area contributed by atoms with Gasteiger partial charge in [-0.05, 0) is 59.4 Å². The summed E-state index contributed by atoms with van der Waals surface area (Å²) < 4.78 is 0.927. The fourth-order valence-electron chi connectivity index (χ4n) is 2.53. The molecule has 0 saturated carbocycles. The molecule has 1 saturated heterocycles. The highest BCUT2D eigenvalue weighted by atomic mass is 79.9. The lowest BCUT2D eigenvalue weighted by molar-refractivity contribution is 0.143. The van der Waals surface area contributed by atoms with Gasteiger partial charge in [-0.15, -0.1) is 0 Å². The van der Waals surface area contributed by atoms with Gasteiger partial charge in [0.25, 0.3) is 0 Å². The molecular weight excluding hydrogens is 342 g/mol. The summed E-state index contributed by atoms with van der Waals surface area (Å²) in [6.45, 7) is 11.2. The lowest BCUT2D eigenvalue weighted by Gasteiger charge is -2.35. The van der Waals surface area contributed by atoms with Crippen molar-refractivity contribution in [2.75, 3.05) is 38.0 Å². The maximum Gasteiger partial charge on any atom is 0.321 e. The third kappa shape index (κ3) is 4.99. The van der Waals surface area contributed by atoms with E-state index in [0.717, 1.165) is 48.8 Å². The highest BCUT2D eigenvalue weighted by molar-refractivity contribution is 9.10. The minimum Gasteiger partial charge on any atom is -0.322 e. The van der Waals surface area contributed by atoms with Gasteiger partial charge in [-0.3, -0.25) is 4.90 Å². The minimum absolute atomic E-state index is 0.00642. The van der Waals surface area contributed by atoms with E-state index in [-0.39, 0.29) is 6.03 Å². The molecule has 0 aliphatic carbocycles. The van der Waals surface area contributed by atoms with Gasteiger partial charge in [-0.2, -0.15) is 0 Å². The van der Waals surface area contributed by atoms with Crippen LogP contribution in [0.5, 0.6) is 0 Å². The van der Waals surface area contributed by atoms with Crippen LogP contribution >= 0.6 is 15.9 Å². The van der Waals surface area contributed by atoms with Crippen LogP contribution in [-0.4, -0.2) is 48.6 Å². The van der Waals surface area contributed by atoms with Crippen molar-refractivity contribution < 1.29 is 4.79 Å². The molecule has 0 unspecified atom stereocenters. The number of urea groups is 1. The molecule has 1 fully saturated rings. The monoisotopic (exact) mass is 367 g/mol. The van der Waals surface area contributed by atoms with Gasteiger partial charge in [0, 0.05) is 30.7 Å². The molecule has 2 rings (SSSR count). The second-order valence-corrected chi connectivity index (χ2v) is 7.28. The number of hydrogen-bond acceptors (Lipinski definition) is 2. The predicted octanol–water partition coefficient (Wildman–Crippen LogP) is 3.95. The first kappa shape index (κ1) is 17.3. The number of halogens is 1. The quantitative estimate of drug-likeness (QED) is 0.874. The van der Waals surface area contributed by atoms with Crippen LogP contribution in [0, 0.1) is 12.8 Å². The zero-order chi connectivity index (χ0) is 16.1. The van der Waals surface area contributed by atoms with E-state index in [2.05, 4.69) is 40.0 Å². The van der Waals surface area contributed by atoms with Crippen LogP contribution in [0.1, 0.15) is 25.8 Å². The molecule has 1 aliphatic heterocycles. The zero-order valence-electron chi connectivity index (χ0n) is 13.7. The number of aryl methyl sites for hydroxylation is 1. The smallest absolute Gasteiger partial charge is 0.321 e. The van der Waals surface area contributed by atoms with E-state index in [1.54, 1.807) is 0 Å².